The summed E-state index contributed by atoms with van der Waals surface area (Å²) in [6.07, 6.45) is 0.715. The number of carbonyl (C=O) groups is 3. The molecule has 11 heteroatoms. The Morgan fingerprint density at radius 3 is 2.29 bits per heavy atom. The number of aromatic nitrogens is 3. The number of carboxylic acid groups (broad SMARTS) is 2. The van der Waals surface area contributed by atoms with Crippen LogP contribution in [0.4, 0.5) is 0 Å². The highest BCUT2D eigenvalue weighted by Crippen LogP contribution is 2.22. The minimum atomic E-state index is -1.51. The minimum absolute atomic E-state index is 0.0948. The van der Waals surface area contributed by atoms with E-state index in [1.54, 1.807) is 30.5 Å². The monoisotopic (exact) mass is 478 g/mol. The number of aromatic amines is 2. The Hall–Kier alpha value is -4.67. The SMILES string of the molecule is O=C(O)CC[C@H](NC(=O)[C@@H](Cc1c[nH]c2ccccc12)n1c(=O)[nH]c2ccccc2c1=O)C(=O)O. The molecule has 2 aromatic carbocycles. The molecule has 180 valence electrons. The van der Waals surface area contributed by atoms with Crippen molar-refractivity contribution in [3.8, 4) is 0 Å². The van der Waals surface area contributed by atoms with Crippen LogP contribution in [-0.4, -0.2) is 48.6 Å². The third-order valence-electron chi connectivity index (χ3n) is 5.80. The Labute approximate surface area is 197 Å². The third-order valence-corrected chi connectivity index (χ3v) is 5.80. The van der Waals surface area contributed by atoms with Gasteiger partial charge in [0.1, 0.15) is 12.1 Å². The summed E-state index contributed by atoms with van der Waals surface area (Å²) in [4.78, 5) is 67.8. The maximum absolute atomic E-state index is 13.4. The Bertz CT molecular complexity index is 1550. The Balaban J connectivity index is 1.80. The molecular formula is C24H22N4O7. The highest BCUT2D eigenvalue weighted by atomic mass is 16.4. The van der Waals surface area contributed by atoms with E-state index >= 15 is 0 Å². The van der Waals surface area contributed by atoms with Gasteiger partial charge in [-0.05, 0) is 30.2 Å². The fraction of sp³-hybridized carbons (Fsp3) is 0.208. The van der Waals surface area contributed by atoms with Crippen molar-refractivity contribution in [2.24, 2.45) is 0 Å². The van der Waals surface area contributed by atoms with Gasteiger partial charge in [-0.2, -0.15) is 0 Å². The second-order valence-electron chi connectivity index (χ2n) is 8.06. The summed E-state index contributed by atoms with van der Waals surface area (Å²) in [5.74, 6) is -3.54. The van der Waals surface area contributed by atoms with Crippen molar-refractivity contribution < 1.29 is 24.6 Å². The summed E-state index contributed by atoms with van der Waals surface area (Å²) in [6, 6.07) is 10.7. The van der Waals surface area contributed by atoms with Crippen LogP contribution in [0.2, 0.25) is 0 Å². The Morgan fingerprint density at radius 2 is 1.60 bits per heavy atom. The molecule has 2 aromatic heterocycles. The number of para-hydroxylation sites is 2. The van der Waals surface area contributed by atoms with Crippen molar-refractivity contribution in [2.75, 3.05) is 0 Å². The lowest BCUT2D eigenvalue weighted by Gasteiger charge is -2.21. The third kappa shape index (κ3) is 4.83. The highest BCUT2D eigenvalue weighted by molar-refractivity contribution is 5.88. The van der Waals surface area contributed by atoms with Gasteiger partial charge in [-0.15, -0.1) is 0 Å². The van der Waals surface area contributed by atoms with Gasteiger partial charge in [-0.1, -0.05) is 30.3 Å². The lowest BCUT2D eigenvalue weighted by Crippen LogP contribution is -2.49. The molecule has 35 heavy (non-hydrogen) atoms. The quantitative estimate of drug-likeness (QED) is 0.241. The maximum Gasteiger partial charge on any atom is 0.329 e. The van der Waals surface area contributed by atoms with E-state index in [-0.39, 0.29) is 18.2 Å². The molecule has 0 unspecified atom stereocenters. The molecule has 2 heterocycles. The highest BCUT2D eigenvalue weighted by Gasteiger charge is 2.30. The predicted octanol–water partition coefficient (Wildman–Crippen LogP) is 1.39. The largest absolute Gasteiger partial charge is 0.481 e. The number of carboxylic acids is 2. The normalized spacial score (nSPS) is 12.9. The summed E-state index contributed by atoms with van der Waals surface area (Å²) in [7, 11) is 0. The van der Waals surface area contributed by atoms with Crippen molar-refractivity contribution in [3.63, 3.8) is 0 Å². The lowest BCUT2D eigenvalue weighted by atomic mass is 10.0. The molecule has 0 bridgehead atoms. The van der Waals surface area contributed by atoms with Crippen LogP contribution in [0.1, 0.15) is 24.4 Å². The number of nitrogens with one attached hydrogen (secondary N) is 3. The van der Waals surface area contributed by atoms with Crippen LogP contribution in [0.5, 0.6) is 0 Å². The first-order valence-corrected chi connectivity index (χ1v) is 10.8. The molecule has 0 saturated carbocycles. The number of fused-ring (bicyclic) bond motifs is 2. The van der Waals surface area contributed by atoms with Crippen LogP contribution < -0.4 is 16.6 Å². The number of aliphatic carboxylic acids is 2. The first-order chi connectivity index (χ1) is 16.8. The van der Waals surface area contributed by atoms with E-state index in [0.29, 0.717) is 11.1 Å². The zero-order valence-corrected chi connectivity index (χ0v) is 18.4. The van der Waals surface area contributed by atoms with Gasteiger partial charge >= 0.3 is 17.6 Å². The van der Waals surface area contributed by atoms with Crippen LogP contribution in [0.15, 0.2) is 64.3 Å². The number of rotatable bonds is 9. The molecule has 0 spiro atoms. The minimum Gasteiger partial charge on any atom is -0.481 e. The fourth-order valence-corrected chi connectivity index (χ4v) is 4.06. The van der Waals surface area contributed by atoms with Crippen molar-refractivity contribution >= 4 is 39.7 Å². The molecule has 0 saturated heterocycles. The number of carbonyl (C=O) groups excluding carboxylic acids is 1. The van der Waals surface area contributed by atoms with Crippen molar-refractivity contribution in [1.29, 1.82) is 0 Å². The van der Waals surface area contributed by atoms with Gasteiger partial charge in [0.25, 0.3) is 5.56 Å². The number of hydrogen-bond acceptors (Lipinski definition) is 5. The molecule has 1 amide bonds. The molecule has 4 aromatic rings. The first-order valence-electron chi connectivity index (χ1n) is 10.8. The molecule has 0 aliphatic heterocycles. The number of nitrogens with zero attached hydrogens (tertiary/aromatic N) is 1. The molecule has 11 nitrogen and oxygen atoms in total. The van der Waals surface area contributed by atoms with Crippen LogP contribution in [0, 0.1) is 0 Å². The molecule has 2 atom stereocenters. The van der Waals surface area contributed by atoms with Crippen molar-refractivity contribution in [1.82, 2.24) is 19.9 Å². The number of hydrogen-bond donors (Lipinski definition) is 5. The zero-order valence-electron chi connectivity index (χ0n) is 18.4. The van der Waals surface area contributed by atoms with Crippen LogP contribution >= 0.6 is 0 Å². The second-order valence-corrected chi connectivity index (χ2v) is 8.06. The lowest BCUT2D eigenvalue weighted by molar-refractivity contribution is -0.143. The maximum atomic E-state index is 13.4. The van der Waals surface area contributed by atoms with Crippen molar-refractivity contribution in [3.05, 3.63) is 81.1 Å². The van der Waals surface area contributed by atoms with Gasteiger partial charge in [0, 0.05) is 29.9 Å². The number of amides is 1. The topological polar surface area (TPSA) is 174 Å². The predicted molar refractivity (Wildman–Crippen MR) is 126 cm³/mol. The second kappa shape index (κ2) is 9.67. The average Bonchev–Trinajstić information content (AvgIpc) is 3.23. The summed E-state index contributed by atoms with van der Waals surface area (Å²) in [5, 5.41) is 21.7. The van der Waals surface area contributed by atoms with Gasteiger partial charge in [-0.3, -0.25) is 14.4 Å². The van der Waals surface area contributed by atoms with E-state index in [9.17, 15) is 29.1 Å². The summed E-state index contributed by atoms with van der Waals surface area (Å²) in [6.45, 7) is 0. The average molecular weight is 478 g/mol. The summed E-state index contributed by atoms with van der Waals surface area (Å²) in [5.41, 5.74) is 0.187. The molecule has 4 rings (SSSR count). The van der Waals surface area contributed by atoms with E-state index < -0.39 is 47.6 Å². The Kier molecular flexibility index (Phi) is 6.49. The standard InChI is InChI=1S/C24H22N4O7/c29-20(30)10-9-18(23(33)34)26-21(31)19(11-13-12-25-16-7-3-1-5-14(13)16)28-22(32)15-6-2-4-8-17(15)27-24(28)35/h1-8,12,18-19,25H,9-11H2,(H,26,31)(H,27,35)(H,29,30)(H,33,34)/t18-,19+/m0/s1. The zero-order chi connectivity index (χ0) is 25.1. The van der Waals surface area contributed by atoms with E-state index in [1.165, 1.54) is 6.07 Å². The van der Waals surface area contributed by atoms with Crippen LogP contribution in [0.25, 0.3) is 21.8 Å². The smallest absolute Gasteiger partial charge is 0.329 e. The van der Waals surface area contributed by atoms with E-state index in [2.05, 4.69) is 15.3 Å². The summed E-state index contributed by atoms with van der Waals surface area (Å²) < 4.78 is 0.773. The number of H-pyrrole nitrogens is 2. The van der Waals surface area contributed by atoms with E-state index in [1.807, 2.05) is 18.2 Å². The molecule has 0 radical (unpaired) electrons. The van der Waals surface area contributed by atoms with E-state index in [0.717, 1.165) is 15.5 Å². The first kappa shape index (κ1) is 23.5. The summed E-state index contributed by atoms with van der Waals surface area (Å²) >= 11 is 0. The van der Waals surface area contributed by atoms with Crippen molar-refractivity contribution in [2.45, 2.75) is 31.3 Å². The van der Waals surface area contributed by atoms with Gasteiger partial charge < -0.3 is 25.5 Å². The number of benzene rings is 2. The van der Waals surface area contributed by atoms with E-state index in [4.69, 9.17) is 5.11 Å². The van der Waals surface area contributed by atoms with Crippen LogP contribution in [-0.2, 0) is 20.8 Å². The Morgan fingerprint density at radius 1 is 0.943 bits per heavy atom. The van der Waals surface area contributed by atoms with Gasteiger partial charge in [0.05, 0.1) is 10.9 Å². The van der Waals surface area contributed by atoms with Gasteiger partial charge in [0.15, 0.2) is 0 Å². The fourth-order valence-electron chi connectivity index (χ4n) is 4.06. The van der Waals surface area contributed by atoms with Crippen LogP contribution in [0.3, 0.4) is 0 Å². The molecule has 0 aliphatic rings. The molecular weight excluding hydrogens is 456 g/mol. The molecule has 5 N–H and O–H groups in total. The van der Waals surface area contributed by atoms with Gasteiger partial charge in [0.2, 0.25) is 5.91 Å². The molecule has 0 aliphatic carbocycles. The van der Waals surface area contributed by atoms with Gasteiger partial charge in [-0.25, -0.2) is 14.2 Å². The molecule has 0 fully saturated rings.